The Balaban J connectivity index is 2.12. The highest BCUT2D eigenvalue weighted by Crippen LogP contribution is 2.36. The lowest BCUT2D eigenvalue weighted by molar-refractivity contribution is 0.277. The zero-order valence-electron chi connectivity index (χ0n) is 14.5. The topological polar surface area (TPSA) is 34.4 Å². The Morgan fingerprint density at radius 1 is 1.18 bits per heavy atom. The van der Waals surface area contributed by atoms with Crippen molar-refractivity contribution in [1.29, 1.82) is 0 Å². The van der Waals surface area contributed by atoms with Gasteiger partial charge in [-0.3, -0.25) is 0 Å². The van der Waals surface area contributed by atoms with Crippen molar-refractivity contribution < 1.29 is 9.53 Å². The van der Waals surface area contributed by atoms with E-state index >= 15 is 0 Å². The molecule has 0 aliphatic carbocycles. The maximum Gasteiger partial charge on any atom is 0.191 e. The first-order valence-corrected chi connectivity index (χ1v) is 11.0. The van der Waals surface area contributed by atoms with E-state index in [1.54, 1.807) is 0 Å². The van der Waals surface area contributed by atoms with Crippen molar-refractivity contribution in [2.45, 2.75) is 51.9 Å². The van der Waals surface area contributed by atoms with E-state index in [2.05, 4.69) is 62.8 Å². The number of hydrogen-bond donors (Lipinski definition) is 1. The number of fused-ring (bicyclic) bond motifs is 1. The van der Waals surface area contributed by atoms with Crippen molar-refractivity contribution in [2.75, 3.05) is 13.2 Å². The largest absolute Gasteiger partial charge is 0.416 e. The normalized spacial score (nSPS) is 13.0. The molecule has 0 amide bonds. The summed E-state index contributed by atoms with van der Waals surface area (Å²) in [6, 6.07) is 8.39. The van der Waals surface area contributed by atoms with Gasteiger partial charge in [0, 0.05) is 30.3 Å². The Kier molecular flexibility index (Phi) is 5.15. The molecule has 4 heteroatoms. The second kappa shape index (κ2) is 6.57. The van der Waals surface area contributed by atoms with Crippen LogP contribution in [0.2, 0.25) is 18.1 Å². The van der Waals surface area contributed by atoms with Crippen molar-refractivity contribution in [3.8, 4) is 0 Å². The van der Waals surface area contributed by atoms with Gasteiger partial charge < -0.3 is 14.1 Å². The lowest BCUT2D eigenvalue weighted by atomic mass is 10.1. The van der Waals surface area contributed by atoms with E-state index in [0.717, 1.165) is 13.0 Å². The molecule has 3 nitrogen and oxygen atoms in total. The van der Waals surface area contributed by atoms with E-state index in [1.807, 2.05) is 6.07 Å². The van der Waals surface area contributed by atoms with Gasteiger partial charge in [-0.1, -0.05) is 39.0 Å². The van der Waals surface area contributed by atoms with Crippen molar-refractivity contribution in [3.63, 3.8) is 0 Å². The number of aliphatic hydroxyl groups excluding tert-OH is 1. The lowest BCUT2D eigenvalue weighted by Gasteiger charge is -2.36. The summed E-state index contributed by atoms with van der Waals surface area (Å²) >= 11 is 0. The van der Waals surface area contributed by atoms with Crippen LogP contribution in [-0.2, 0) is 17.4 Å². The Morgan fingerprint density at radius 2 is 1.86 bits per heavy atom. The minimum atomic E-state index is -1.68. The van der Waals surface area contributed by atoms with Crippen LogP contribution >= 0.6 is 0 Å². The monoisotopic (exact) mass is 319 g/mol. The van der Waals surface area contributed by atoms with E-state index in [0.29, 0.717) is 6.54 Å². The molecule has 0 bridgehead atoms. The number of nitrogens with zero attached hydrogens (tertiary/aromatic N) is 1. The zero-order chi connectivity index (χ0) is 16.4. The van der Waals surface area contributed by atoms with Gasteiger partial charge in [0.15, 0.2) is 8.32 Å². The van der Waals surface area contributed by atoms with E-state index in [9.17, 15) is 5.11 Å². The second-order valence-corrected chi connectivity index (χ2v) is 12.3. The second-order valence-electron chi connectivity index (χ2n) is 7.45. The highest BCUT2D eigenvalue weighted by molar-refractivity contribution is 6.74. The molecule has 1 heterocycles. The number of rotatable bonds is 6. The van der Waals surface area contributed by atoms with Crippen molar-refractivity contribution in [3.05, 3.63) is 36.0 Å². The molecule has 0 spiro atoms. The molecule has 0 saturated carbocycles. The third kappa shape index (κ3) is 3.62. The SMILES string of the molecule is CC(C)(C)[Si](C)(C)OCCc1cn(CCO)c2ccccc12. The van der Waals surface area contributed by atoms with E-state index in [4.69, 9.17) is 4.43 Å². The van der Waals surface area contributed by atoms with Gasteiger partial charge in [0.2, 0.25) is 0 Å². The first kappa shape index (κ1) is 17.3. The average molecular weight is 320 g/mol. The highest BCUT2D eigenvalue weighted by atomic mass is 28.4. The highest BCUT2D eigenvalue weighted by Gasteiger charge is 2.36. The van der Waals surface area contributed by atoms with Gasteiger partial charge >= 0.3 is 0 Å². The van der Waals surface area contributed by atoms with Gasteiger partial charge in [-0.2, -0.15) is 0 Å². The molecule has 0 fully saturated rings. The van der Waals surface area contributed by atoms with Gasteiger partial charge in [-0.25, -0.2) is 0 Å². The van der Waals surface area contributed by atoms with Crippen LogP contribution in [0, 0.1) is 0 Å². The van der Waals surface area contributed by atoms with Crippen LogP contribution in [-0.4, -0.2) is 31.2 Å². The number of benzene rings is 1. The smallest absolute Gasteiger partial charge is 0.191 e. The maximum absolute atomic E-state index is 9.22. The van der Waals surface area contributed by atoms with Crippen LogP contribution < -0.4 is 0 Å². The maximum atomic E-state index is 9.22. The quantitative estimate of drug-likeness (QED) is 0.810. The summed E-state index contributed by atoms with van der Waals surface area (Å²) in [6.45, 7) is 13.0. The summed E-state index contributed by atoms with van der Waals surface area (Å²) in [5, 5.41) is 10.7. The first-order chi connectivity index (χ1) is 10.3. The van der Waals surface area contributed by atoms with Gasteiger partial charge in [0.1, 0.15) is 0 Å². The first-order valence-electron chi connectivity index (χ1n) is 8.08. The molecule has 0 aliphatic rings. The number of aliphatic hydroxyl groups is 1. The van der Waals surface area contributed by atoms with Gasteiger partial charge in [0.05, 0.1) is 6.61 Å². The van der Waals surface area contributed by atoms with Crippen LogP contribution in [0.4, 0.5) is 0 Å². The summed E-state index contributed by atoms with van der Waals surface area (Å²) in [5.41, 5.74) is 2.50. The summed E-state index contributed by atoms with van der Waals surface area (Å²) in [6.07, 6.45) is 3.08. The lowest BCUT2D eigenvalue weighted by Crippen LogP contribution is -2.41. The minimum absolute atomic E-state index is 0.165. The molecule has 0 saturated heterocycles. The summed E-state index contributed by atoms with van der Waals surface area (Å²) in [4.78, 5) is 0. The fraction of sp³-hybridized carbons (Fsp3) is 0.556. The Hall–Kier alpha value is -1.10. The number of aromatic nitrogens is 1. The minimum Gasteiger partial charge on any atom is -0.416 e. The molecule has 1 N–H and O–H groups in total. The van der Waals surface area contributed by atoms with Crippen molar-refractivity contribution in [2.24, 2.45) is 0 Å². The average Bonchev–Trinajstić information content (AvgIpc) is 2.77. The predicted octanol–water partition coefficient (Wildman–Crippen LogP) is 4.20. The molecular weight excluding hydrogens is 290 g/mol. The van der Waals surface area contributed by atoms with Crippen LogP contribution in [0.25, 0.3) is 10.9 Å². The van der Waals surface area contributed by atoms with Crippen LogP contribution in [0.3, 0.4) is 0 Å². The van der Waals surface area contributed by atoms with E-state index < -0.39 is 8.32 Å². The molecule has 0 radical (unpaired) electrons. The third-order valence-electron chi connectivity index (χ3n) is 4.85. The predicted molar refractivity (Wildman–Crippen MR) is 95.9 cm³/mol. The molecule has 0 aliphatic heterocycles. The Morgan fingerprint density at radius 3 is 2.50 bits per heavy atom. The molecule has 22 heavy (non-hydrogen) atoms. The van der Waals surface area contributed by atoms with Gasteiger partial charge in [-0.15, -0.1) is 0 Å². The van der Waals surface area contributed by atoms with E-state index in [-0.39, 0.29) is 11.6 Å². The molecule has 2 rings (SSSR count). The standard InChI is InChI=1S/C18H29NO2Si/c1-18(2,3)22(4,5)21-13-10-15-14-19(11-12-20)17-9-7-6-8-16(15)17/h6-9,14,20H,10-13H2,1-5H3. The molecule has 1 aromatic heterocycles. The fourth-order valence-corrected chi connectivity index (χ4v) is 3.49. The molecule has 122 valence electrons. The van der Waals surface area contributed by atoms with Crippen LogP contribution in [0.15, 0.2) is 30.5 Å². The molecule has 0 unspecified atom stereocenters. The van der Waals surface area contributed by atoms with Crippen molar-refractivity contribution in [1.82, 2.24) is 4.57 Å². The summed E-state index contributed by atoms with van der Waals surface area (Å²) < 4.78 is 8.43. The fourth-order valence-electron chi connectivity index (χ4n) is 2.45. The molecule has 2 aromatic rings. The molecule has 1 aromatic carbocycles. The third-order valence-corrected chi connectivity index (χ3v) is 9.39. The summed E-state index contributed by atoms with van der Waals surface area (Å²) in [5.74, 6) is 0. The number of para-hydroxylation sites is 1. The van der Waals surface area contributed by atoms with Crippen LogP contribution in [0.1, 0.15) is 26.3 Å². The summed E-state index contributed by atoms with van der Waals surface area (Å²) in [7, 11) is -1.68. The van der Waals surface area contributed by atoms with Crippen molar-refractivity contribution >= 4 is 19.2 Å². The van der Waals surface area contributed by atoms with Gasteiger partial charge in [0.25, 0.3) is 0 Å². The zero-order valence-corrected chi connectivity index (χ0v) is 15.5. The van der Waals surface area contributed by atoms with Gasteiger partial charge in [-0.05, 0) is 36.2 Å². The number of hydrogen-bond acceptors (Lipinski definition) is 2. The molecule has 0 atom stereocenters. The van der Waals surface area contributed by atoms with E-state index in [1.165, 1.54) is 16.5 Å². The Labute approximate surface area is 135 Å². The van der Waals surface area contributed by atoms with Crippen LogP contribution in [0.5, 0.6) is 0 Å². The Bertz CT molecular complexity index is 626. The molecular formula is C18H29NO2Si.